The average molecular weight is 225 g/mol. The van der Waals surface area contributed by atoms with Crippen molar-refractivity contribution in [2.75, 3.05) is 5.73 Å². The predicted octanol–water partition coefficient (Wildman–Crippen LogP) is 1.91. The Labute approximate surface area is 89.9 Å². The van der Waals surface area contributed by atoms with E-state index in [9.17, 15) is 4.39 Å². The third-order valence-electron chi connectivity index (χ3n) is 1.83. The fourth-order valence-corrected chi connectivity index (χ4v) is 1.29. The zero-order chi connectivity index (χ0) is 10.8. The lowest BCUT2D eigenvalue weighted by Crippen LogP contribution is -1.97. The molecule has 15 heavy (non-hydrogen) atoms. The first-order valence-corrected chi connectivity index (χ1v) is 4.45. The Kier molecular flexibility index (Phi) is 2.47. The number of nitrogens with zero attached hydrogens (tertiary/aromatic N) is 3. The Hall–Kier alpha value is -1.75. The molecule has 0 aliphatic heterocycles. The smallest absolute Gasteiger partial charge is 0.212 e. The highest BCUT2D eigenvalue weighted by molar-refractivity contribution is 6.29. The van der Waals surface area contributed by atoms with E-state index >= 15 is 0 Å². The predicted molar refractivity (Wildman–Crippen MR) is 54.6 cm³/mol. The minimum atomic E-state index is -0.551. The minimum Gasteiger partial charge on any atom is -0.382 e. The largest absolute Gasteiger partial charge is 0.382 e. The van der Waals surface area contributed by atoms with Crippen molar-refractivity contribution in [1.82, 2.24) is 15.2 Å². The molecule has 0 aliphatic rings. The van der Waals surface area contributed by atoms with Crippen LogP contribution in [0.2, 0.25) is 5.15 Å². The summed E-state index contributed by atoms with van der Waals surface area (Å²) in [7, 11) is 0. The first-order chi connectivity index (χ1) is 7.16. The Morgan fingerprint density at radius 1 is 1.27 bits per heavy atom. The lowest BCUT2D eigenvalue weighted by Gasteiger charge is -2.03. The van der Waals surface area contributed by atoms with Crippen LogP contribution in [0.5, 0.6) is 0 Å². The minimum absolute atomic E-state index is 0.225. The summed E-state index contributed by atoms with van der Waals surface area (Å²) in [5.74, 6) is -0.321. The van der Waals surface area contributed by atoms with Gasteiger partial charge in [-0.05, 0) is 18.2 Å². The molecule has 0 unspecified atom stereocenters. The van der Waals surface area contributed by atoms with Crippen LogP contribution in [-0.4, -0.2) is 15.2 Å². The summed E-state index contributed by atoms with van der Waals surface area (Å²) in [4.78, 5) is 3.51. The molecule has 0 fully saturated rings. The fourth-order valence-electron chi connectivity index (χ4n) is 1.14. The lowest BCUT2D eigenvalue weighted by atomic mass is 10.1. The van der Waals surface area contributed by atoms with E-state index in [1.807, 2.05) is 0 Å². The van der Waals surface area contributed by atoms with Gasteiger partial charge < -0.3 is 5.73 Å². The Bertz CT molecular complexity index is 486. The van der Waals surface area contributed by atoms with Gasteiger partial charge in [0.05, 0.1) is 0 Å². The normalized spacial score (nSPS) is 10.3. The molecule has 6 heteroatoms. The molecule has 0 radical (unpaired) electrons. The zero-order valence-electron chi connectivity index (χ0n) is 7.48. The average Bonchev–Trinajstić information content (AvgIpc) is 2.23. The second-order valence-electron chi connectivity index (χ2n) is 2.84. The molecule has 2 rings (SSSR count). The monoisotopic (exact) mass is 224 g/mol. The second kappa shape index (κ2) is 3.78. The van der Waals surface area contributed by atoms with Gasteiger partial charge in [0.15, 0.2) is 11.0 Å². The number of rotatable bonds is 1. The van der Waals surface area contributed by atoms with Gasteiger partial charge in [0.1, 0.15) is 0 Å². The van der Waals surface area contributed by atoms with Crippen molar-refractivity contribution < 1.29 is 4.39 Å². The summed E-state index contributed by atoms with van der Waals surface area (Å²) in [5.41, 5.74) is 6.84. The number of hydrogen-bond acceptors (Lipinski definition) is 4. The first-order valence-electron chi connectivity index (χ1n) is 4.07. The van der Waals surface area contributed by atoms with Crippen LogP contribution >= 0.6 is 11.6 Å². The number of hydrogen-bond donors (Lipinski definition) is 1. The third kappa shape index (κ3) is 2.02. The van der Waals surface area contributed by atoms with Crippen molar-refractivity contribution in [3.63, 3.8) is 0 Å². The number of anilines is 1. The zero-order valence-corrected chi connectivity index (χ0v) is 8.24. The molecule has 0 saturated heterocycles. The molecule has 2 aromatic heterocycles. The highest BCUT2D eigenvalue weighted by atomic mass is 35.5. The highest BCUT2D eigenvalue weighted by Crippen LogP contribution is 2.24. The molecule has 2 N–H and O–H groups in total. The quantitative estimate of drug-likeness (QED) is 0.752. The molecule has 0 saturated carbocycles. The maximum absolute atomic E-state index is 12.6. The summed E-state index contributed by atoms with van der Waals surface area (Å²) in [6, 6.07) is 4.34. The van der Waals surface area contributed by atoms with Crippen LogP contribution in [0.25, 0.3) is 11.1 Å². The lowest BCUT2D eigenvalue weighted by molar-refractivity contribution is 0.584. The van der Waals surface area contributed by atoms with Gasteiger partial charge in [-0.3, -0.25) is 0 Å². The van der Waals surface area contributed by atoms with E-state index in [4.69, 9.17) is 17.3 Å². The number of nitrogens with two attached hydrogens (primary N) is 1. The third-order valence-corrected chi connectivity index (χ3v) is 2.02. The fraction of sp³-hybridized carbons (Fsp3) is 0. The molecule has 0 amide bonds. The van der Waals surface area contributed by atoms with Crippen molar-refractivity contribution >= 4 is 17.4 Å². The van der Waals surface area contributed by atoms with Crippen molar-refractivity contribution in [3.8, 4) is 11.1 Å². The summed E-state index contributed by atoms with van der Waals surface area (Å²) < 4.78 is 12.6. The topological polar surface area (TPSA) is 64.7 Å². The van der Waals surface area contributed by atoms with E-state index in [0.717, 1.165) is 0 Å². The number of halogens is 2. The van der Waals surface area contributed by atoms with Crippen molar-refractivity contribution in [2.45, 2.75) is 0 Å². The molecule has 2 aromatic rings. The Morgan fingerprint density at radius 2 is 2.07 bits per heavy atom. The van der Waals surface area contributed by atoms with Gasteiger partial charge in [-0.25, -0.2) is 4.98 Å². The standard InChI is InChI=1S/C9H6ClFN4/c10-7-3-6(9(12)15-14-7)5-1-2-8(11)13-4-5/h1-4H,(H2,12,15). The highest BCUT2D eigenvalue weighted by Gasteiger charge is 2.06. The van der Waals surface area contributed by atoms with E-state index in [2.05, 4.69) is 15.2 Å². The SMILES string of the molecule is Nc1nnc(Cl)cc1-c1ccc(F)nc1. The molecule has 2 heterocycles. The molecule has 4 nitrogen and oxygen atoms in total. The van der Waals surface area contributed by atoms with E-state index in [0.29, 0.717) is 11.1 Å². The number of nitrogen functional groups attached to an aromatic ring is 1. The molecule has 0 spiro atoms. The summed E-state index contributed by atoms with van der Waals surface area (Å²) in [6.45, 7) is 0. The Morgan fingerprint density at radius 3 is 2.73 bits per heavy atom. The van der Waals surface area contributed by atoms with Gasteiger partial charge >= 0.3 is 0 Å². The van der Waals surface area contributed by atoms with Crippen LogP contribution in [0.3, 0.4) is 0 Å². The van der Waals surface area contributed by atoms with Gasteiger partial charge in [0.2, 0.25) is 5.95 Å². The number of pyridine rings is 1. The molecule has 0 aromatic carbocycles. The van der Waals surface area contributed by atoms with E-state index in [1.54, 1.807) is 12.1 Å². The van der Waals surface area contributed by atoms with Crippen LogP contribution in [-0.2, 0) is 0 Å². The van der Waals surface area contributed by atoms with E-state index in [1.165, 1.54) is 12.3 Å². The van der Waals surface area contributed by atoms with Gasteiger partial charge in [-0.15, -0.1) is 10.2 Å². The van der Waals surface area contributed by atoms with Crippen LogP contribution in [0.15, 0.2) is 24.4 Å². The molecular weight excluding hydrogens is 219 g/mol. The first kappa shape index (κ1) is 9.79. The summed E-state index contributed by atoms with van der Waals surface area (Å²) in [6.07, 6.45) is 1.36. The molecule has 0 bridgehead atoms. The molecule has 0 aliphatic carbocycles. The van der Waals surface area contributed by atoms with Crippen molar-refractivity contribution in [1.29, 1.82) is 0 Å². The second-order valence-corrected chi connectivity index (χ2v) is 3.22. The molecule has 0 atom stereocenters. The van der Waals surface area contributed by atoms with E-state index in [-0.39, 0.29) is 11.0 Å². The van der Waals surface area contributed by atoms with Crippen LogP contribution in [0.1, 0.15) is 0 Å². The van der Waals surface area contributed by atoms with Crippen LogP contribution in [0, 0.1) is 5.95 Å². The summed E-state index contributed by atoms with van der Waals surface area (Å²) in [5, 5.41) is 7.46. The maximum Gasteiger partial charge on any atom is 0.212 e. The summed E-state index contributed by atoms with van der Waals surface area (Å²) >= 11 is 5.67. The van der Waals surface area contributed by atoms with Crippen LogP contribution in [0.4, 0.5) is 10.2 Å². The Balaban J connectivity index is 2.53. The van der Waals surface area contributed by atoms with Crippen molar-refractivity contribution in [2.24, 2.45) is 0 Å². The molecular formula is C9H6ClFN4. The maximum atomic E-state index is 12.6. The van der Waals surface area contributed by atoms with Crippen molar-refractivity contribution in [3.05, 3.63) is 35.5 Å². The molecule has 76 valence electrons. The van der Waals surface area contributed by atoms with Gasteiger partial charge in [0.25, 0.3) is 0 Å². The van der Waals surface area contributed by atoms with E-state index < -0.39 is 5.95 Å². The van der Waals surface area contributed by atoms with Crippen LogP contribution < -0.4 is 5.73 Å². The van der Waals surface area contributed by atoms with Gasteiger partial charge in [-0.2, -0.15) is 4.39 Å². The van der Waals surface area contributed by atoms with Gasteiger partial charge in [0, 0.05) is 17.3 Å². The van der Waals surface area contributed by atoms with Gasteiger partial charge in [-0.1, -0.05) is 11.6 Å². The number of aromatic nitrogens is 3.